The molecule has 0 spiro atoms. The minimum atomic E-state index is -1.55. The third kappa shape index (κ3) is 6.66. The monoisotopic (exact) mass is 426 g/mol. The molecule has 0 radical (unpaired) electrons. The van der Waals surface area contributed by atoms with Crippen molar-refractivity contribution in [2.24, 2.45) is 5.41 Å². The summed E-state index contributed by atoms with van der Waals surface area (Å²) in [7, 11) is 0. The van der Waals surface area contributed by atoms with E-state index in [9.17, 15) is 14.6 Å². The molecule has 0 aliphatic rings. The first-order valence-electron chi connectivity index (χ1n) is 9.27. The van der Waals surface area contributed by atoms with Crippen LogP contribution in [0, 0.1) is 16.7 Å². The summed E-state index contributed by atoms with van der Waals surface area (Å²) in [5, 5.41) is 9.77. The topological polar surface area (TPSA) is 85.2 Å². The summed E-state index contributed by atoms with van der Waals surface area (Å²) in [6.07, 6.45) is 0.132. The summed E-state index contributed by atoms with van der Waals surface area (Å²) >= 11 is 4.49. The molecule has 1 rings (SSSR count). The van der Waals surface area contributed by atoms with E-state index in [1.165, 1.54) is 0 Å². The fourth-order valence-electron chi connectivity index (χ4n) is 2.78. The van der Waals surface area contributed by atoms with Gasteiger partial charge in [0.1, 0.15) is 4.75 Å². The second kappa shape index (κ2) is 9.49. The van der Waals surface area contributed by atoms with E-state index < -0.39 is 33.0 Å². The third-order valence-corrected chi connectivity index (χ3v) is 6.05. The van der Waals surface area contributed by atoms with Gasteiger partial charge in [0.05, 0.1) is 12.2 Å². The van der Waals surface area contributed by atoms with E-state index in [0.717, 1.165) is 0 Å². The van der Waals surface area contributed by atoms with Gasteiger partial charge in [0.25, 0.3) is 0 Å². The van der Waals surface area contributed by atoms with Gasteiger partial charge in [-0.3, -0.25) is 0 Å². The Labute approximate surface area is 177 Å². The average Bonchev–Trinajstić information content (AvgIpc) is 2.52. The van der Waals surface area contributed by atoms with Crippen LogP contribution in [0.2, 0.25) is 5.02 Å². The number of nitrogens with zero attached hydrogens (tertiary/aromatic N) is 1. The van der Waals surface area contributed by atoms with Crippen molar-refractivity contribution in [1.29, 1.82) is 5.26 Å². The number of rotatable bonds is 8. The lowest BCUT2D eigenvalue weighted by Crippen LogP contribution is -2.58. The molecule has 0 fully saturated rings. The van der Waals surface area contributed by atoms with Gasteiger partial charge in [-0.25, -0.2) is 4.79 Å². The maximum Gasteiger partial charge on any atom is 0.335 e. The van der Waals surface area contributed by atoms with Crippen LogP contribution in [0.4, 0.5) is 0 Å². The zero-order valence-electron chi connectivity index (χ0n) is 17.8. The van der Waals surface area contributed by atoms with Gasteiger partial charge in [0.2, 0.25) is 0 Å². The molecule has 1 aromatic rings. The van der Waals surface area contributed by atoms with Crippen molar-refractivity contribution in [1.82, 2.24) is 4.72 Å². The molecular weight excluding hydrogens is 396 g/mol. The van der Waals surface area contributed by atoms with E-state index in [4.69, 9.17) is 16.3 Å². The fourth-order valence-corrected chi connectivity index (χ4v) is 3.81. The van der Waals surface area contributed by atoms with Gasteiger partial charge < -0.3 is 9.29 Å². The Hall–Kier alpha value is -1.26. The van der Waals surface area contributed by atoms with E-state index in [-0.39, 0.29) is 18.9 Å². The predicted octanol–water partition coefficient (Wildman–Crippen LogP) is 4.87. The van der Waals surface area contributed by atoms with Crippen molar-refractivity contribution in [2.45, 2.75) is 77.7 Å². The minimum Gasteiger partial charge on any atom is -0.598 e. The number of hydrogen-bond donors (Lipinski definition) is 1. The van der Waals surface area contributed by atoms with Crippen LogP contribution in [0.25, 0.3) is 0 Å². The first kappa shape index (κ1) is 24.8. The largest absolute Gasteiger partial charge is 0.598 e. The highest BCUT2D eigenvalue weighted by Gasteiger charge is 2.51. The molecule has 7 heteroatoms. The first-order valence-corrected chi connectivity index (χ1v) is 10.8. The van der Waals surface area contributed by atoms with Crippen molar-refractivity contribution < 1.29 is 14.1 Å². The lowest BCUT2D eigenvalue weighted by Gasteiger charge is -2.40. The molecule has 1 N–H and O–H groups in total. The van der Waals surface area contributed by atoms with Crippen LogP contribution in [0.5, 0.6) is 0 Å². The molecule has 1 aromatic carbocycles. The summed E-state index contributed by atoms with van der Waals surface area (Å²) in [5.41, 5.74) is -1.31. The molecule has 28 heavy (non-hydrogen) atoms. The molecule has 0 amide bonds. The van der Waals surface area contributed by atoms with E-state index in [1.807, 2.05) is 34.6 Å². The molecule has 0 aliphatic carbocycles. The Morgan fingerprint density at radius 2 is 1.79 bits per heavy atom. The number of hydrogen-bond acceptors (Lipinski definition) is 5. The molecule has 0 heterocycles. The second-order valence-electron chi connectivity index (χ2n) is 9.03. The van der Waals surface area contributed by atoms with E-state index in [2.05, 4.69) is 10.8 Å². The second-order valence-corrected chi connectivity index (χ2v) is 11.4. The molecule has 0 aromatic heterocycles. The summed E-state index contributed by atoms with van der Waals surface area (Å²) in [6, 6.07) is 9.02. The van der Waals surface area contributed by atoms with Gasteiger partial charge in [0, 0.05) is 22.8 Å². The summed E-state index contributed by atoms with van der Waals surface area (Å²) in [4.78, 5) is 13.4. The number of nitrogens with one attached hydrogen (secondary N) is 1. The summed E-state index contributed by atoms with van der Waals surface area (Å²) in [5.74, 6) is -0.520. The SMILES string of the molecule is CC(C)OC(=O)C(CC(C)(C)CC#N)(N[S+]([O-])C(C)(C)C)c1ccc(Cl)cc1. The molecule has 0 saturated carbocycles. The van der Waals surface area contributed by atoms with Gasteiger partial charge in [-0.1, -0.05) is 37.6 Å². The van der Waals surface area contributed by atoms with Gasteiger partial charge in [-0.05, 0) is 64.2 Å². The number of carbonyl (C=O) groups excluding carboxylic acids is 1. The molecule has 2 unspecified atom stereocenters. The smallest absolute Gasteiger partial charge is 0.335 e. The van der Waals surface area contributed by atoms with Crippen LogP contribution in [0.1, 0.15) is 66.9 Å². The van der Waals surface area contributed by atoms with Crippen molar-refractivity contribution in [3.05, 3.63) is 34.9 Å². The van der Waals surface area contributed by atoms with Crippen LogP contribution in [-0.2, 0) is 26.4 Å². The number of ether oxygens (including phenoxy) is 1. The lowest BCUT2D eigenvalue weighted by molar-refractivity contribution is -0.157. The minimum absolute atomic E-state index is 0.237. The number of esters is 1. The van der Waals surface area contributed by atoms with Crippen LogP contribution in [-0.4, -0.2) is 21.4 Å². The normalized spacial score (nSPS) is 15.6. The molecule has 0 bridgehead atoms. The van der Waals surface area contributed by atoms with E-state index >= 15 is 0 Å². The summed E-state index contributed by atoms with van der Waals surface area (Å²) in [6.45, 7) is 12.8. The van der Waals surface area contributed by atoms with Crippen molar-refractivity contribution in [2.75, 3.05) is 0 Å². The van der Waals surface area contributed by atoms with Crippen LogP contribution in [0.3, 0.4) is 0 Å². The van der Waals surface area contributed by atoms with E-state index in [1.54, 1.807) is 38.1 Å². The first-order chi connectivity index (χ1) is 12.7. The maximum absolute atomic E-state index is 13.4. The Kier molecular flexibility index (Phi) is 8.40. The Morgan fingerprint density at radius 1 is 1.25 bits per heavy atom. The van der Waals surface area contributed by atoms with Crippen LogP contribution >= 0.6 is 11.6 Å². The average molecular weight is 427 g/mol. The number of halogens is 1. The number of carbonyl (C=O) groups is 1. The molecule has 2 atom stereocenters. The van der Waals surface area contributed by atoms with Gasteiger partial charge in [0.15, 0.2) is 5.54 Å². The third-order valence-electron chi connectivity index (χ3n) is 4.15. The van der Waals surface area contributed by atoms with Crippen LogP contribution in [0.15, 0.2) is 24.3 Å². The molecule has 0 saturated heterocycles. The highest BCUT2D eigenvalue weighted by Crippen LogP contribution is 2.40. The number of benzene rings is 1. The maximum atomic E-state index is 13.4. The Bertz CT molecular complexity index is 708. The lowest BCUT2D eigenvalue weighted by atomic mass is 9.74. The van der Waals surface area contributed by atoms with Crippen molar-refractivity contribution >= 4 is 28.9 Å². The van der Waals surface area contributed by atoms with Gasteiger partial charge in [-0.15, -0.1) is 4.72 Å². The predicted molar refractivity (Wildman–Crippen MR) is 114 cm³/mol. The fraction of sp³-hybridized carbons (Fsp3) is 0.619. The Morgan fingerprint density at radius 3 is 2.21 bits per heavy atom. The zero-order chi connectivity index (χ0) is 21.8. The van der Waals surface area contributed by atoms with Crippen molar-refractivity contribution in [3.63, 3.8) is 0 Å². The zero-order valence-corrected chi connectivity index (χ0v) is 19.3. The highest BCUT2D eigenvalue weighted by atomic mass is 35.5. The summed E-state index contributed by atoms with van der Waals surface area (Å²) < 4.78 is 21.1. The molecule has 5 nitrogen and oxygen atoms in total. The van der Waals surface area contributed by atoms with Crippen LogP contribution < -0.4 is 4.72 Å². The molecule has 0 aliphatic heterocycles. The Balaban J connectivity index is 3.62. The van der Waals surface area contributed by atoms with Crippen molar-refractivity contribution in [3.8, 4) is 6.07 Å². The quantitative estimate of drug-likeness (QED) is 0.473. The van der Waals surface area contributed by atoms with Gasteiger partial charge >= 0.3 is 5.97 Å². The molecular formula is C21H31ClN2O3S. The molecule has 156 valence electrons. The van der Waals surface area contributed by atoms with E-state index in [0.29, 0.717) is 10.6 Å². The standard InChI is InChI=1S/C21H31ClN2O3S/c1-15(2)27-18(25)21(14-20(6,7)12-13-23,24-28(26)19(3,4)5)16-8-10-17(22)11-9-16/h8-11,15,24H,12,14H2,1-7H3. The van der Waals surface area contributed by atoms with Gasteiger partial charge in [-0.2, -0.15) is 5.26 Å². The number of nitriles is 1. The highest BCUT2D eigenvalue weighted by molar-refractivity contribution is 7.90.